The lowest BCUT2D eigenvalue weighted by atomic mass is 10.2. The molecule has 0 saturated heterocycles. The van der Waals surface area contributed by atoms with Gasteiger partial charge >= 0.3 is 0 Å². The molecule has 0 aliphatic rings. The first-order valence-electron chi connectivity index (χ1n) is 7.99. The highest BCUT2D eigenvalue weighted by Gasteiger charge is 2.11. The Morgan fingerprint density at radius 3 is 1.71 bits per heavy atom. The Hall–Kier alpha value is -2.74. The van der Waals surface area contributed by atoms with Gasteiger partial charge in [0.05, 0.1) is 17.1 Å². The van der Waals surface area contributed by atoms with E-state index in [1.54, 1.807) is 0 Å². The van der Waals surface area contributed by atoms with Crippen LogP contribution in [0, 0.1) is 0 Å². The largest absolute Gasteiger partial charge is 0.491 e. The van der Waals surface area contributed by atoms with Gasteiger partial charge in [-0.15, -0.1) is 0 Å². The highest BCUT2D eigenvalue weighted by Crippen LogP contribution is 2.32. The Morgan fingerprint density at radius 2 is 1.21 bits per heavy atom. The topological polar surface area (TPSA) is 14.2 Å². The second-order valence-corrected chi connectivity index (χ2v) is 6.03. The normalized spacial score (nSPS) is 11.0. The number of aromatic nitrogens is 1. The van der Waals surface area contributed by atoms with Crippen LogP contribution in [-0.4, -0.2) is 10.7 Å². The van der Waals surface area contributed by atoms with Crippen molar-refractivity contribution in [2.24, 2.45) is 0 Å². The minimum atomic E-state index is 0. The van der Waals surface area contributed by atoms with Crippen LogP contribution in [0.1, 0.15) is 21.3 Å². The van der Waals surface area contributed by atoms with Gasteiger partial charge in [-0.3, -0.25) is 0 Å². The van der Waals surface area contributed by atoms with Crippen LogP contribution < -0.4 is 4.74 Å². The summed E-state index contributed by atoms with van der Waals surface area (Å²) in [6.45, 7) is 4.09. The molecule has 122 valence electrons. The molecule has 0 aliphatic carbocycles. The lowest BCUT2D eigenvalue weighted by Crippen LogP contribution is -2.05. The van der Waals surface area contributed by atoms with E-state index in [4.69, 9.17) is 4.74 Å². The quantitative estimate of drug-likeness (QED) is 0.438. The molecule has 0 N–H and O–H groups in total. The van der Waals surface area contributed by atoms with E-state index in [1.807, 2.05) is 26.0 Å². The molecule has 3 aromatic carbocycles. The zero-order valence-corrected chi connectivity index (χ0v) is 13.4. The number of hydrogen-bond donors (Lipinski definition) is 0. The third kappa shape index (κ3) is 2.65. The molecule has 24 heavy (non-hydrogen) atoms. The zero-order valence-electron chi connectivity index (χ0n) is 13.4. The predicted octanol–water partition coefficient (Wildman–Crippen LogP) is 6.21. The zero-order chi connectivity index (χ0) is 15.8. The lowest BCUT2D eigenvalue weighted by Gasteiger charge is -2.12. The van der Waals surface area contributed by atoms with Crippen LogP contribution in [0.5, 0.6) is 5.75 Å². The van der Waals surface area contributed by atoms with Crippen LogP contribution in [0.4, 0.5) is 0 Å². The van der Waals surface area contributed by atoms with Crippen LogP contribution in [0.3, 0.4) is 0 Å². The van der Waals surface area contributed by atoms with Crippen molar-refractivity contribution in [3.63, 3.8) is 0 Å². The molecule has 0 amide bonds. The van der Waals surface area contributed by atoms with E-state index < -0.39 is 0 Å². The van der Waals surface area contributed by atoms with Crippen LogP contribution in [-0.2, 0) is 0 Å². The van der Waals surface area contributed by atoms with Crippen LogP contribution in [0.2, 0.25) is 0 Å². The minimum absolute atomic E-state index is 0. The van der Waals surface area contributed by atoms with E-state index in [0.29, 0.717) is 0 Å². The maximum atomic E-state index is 5.75. The maximum Gasteiger partial charge on any atom is 0.119 e. The molecule has 0 bridgehead atoms. The molecule has 1 aromatic heterocycles. The summed E-state index contributed by atoms with van der Waals surface area (Å²) in [6.07, 6.45) is 0.189. The molecule has 1 heterocycles. The van der Waals surface area contributed by atoms with E-state index in [1.165, 1.54) is 21.8 Å². The first-order valence-corrected chi connectivity index (χ1v) is 7.99. The van der Waals surface area contributed by atoms with E-state index in [0.717, 1.165) is 11.4 Å². The van der Waals surface area contributed by atoms with Crippen LogP contribution >= 0.6 is 0 Å². The van der Waals surface area contributed by atoms with E-state index in [-0.39, 0.29) is 13.5 Å². The summed E-state index contributed by atoms with van der Waals surface area (Å²) in [5.74, 6) is 0.907. The monoisotopic (exact) mass is 317 g/mol. The Bertz CT molecular complexity index is 911. The van der Waals surface area contributed by atoms with Crippen molar-refractivity contribution in [2.45, 2.75) is 27.4 Å². The number of ether oxygens (including phenoxy) is 1. The Labute approximate surface area is 143 Å². The highest BCUT2D eigenvalue weighted by molar-refractivity contribution is 6.09. The number of benzene rings is 3. The summed E-state index contributed by atoms with van der Waals surface area (Å²) >= 11 is 0. The summed E-state index contributed by atoms with van der Waals surface area (Å²) < 4.78 is 8.06. The van der Waals surface area contributed by atoms with Crippen molar-refractivity contribution < 1.29 is 4.74 Å². The molecule has 0 unspecified atom stereocenters. The fourth-order valence-corrected chi connectivity index (χ4v) is 3.15. The molecule has 2 nitrogen and oxygen atoms in total. The number of rotatable bonds is 3. The molecular weight excluding hydrogens is 294 g/mol. The standard InChI is InChI=1S/C21H19NO.CH4/c1-15(2)23-17-13-11-16(12-14-17)22-20-9-5-3-7-18(20)19-8-4-6-10-21(19)22;/h3-15H,1-2H3;1H4. The van der Waals surface area contributed by atoms with Crippen molar-refractivity contribution in [3.8, 4) is 11.4 Å². The predicted molar refractivity (Wildman–Crippen MR) is 103 cm³/mol. The summed E-state index contributed by atoms with van der Waals surface area (Å²) in [6, 6.07) is 25.4. The first kappa shape index (κ1) is 16.1. The number of para-hydroxylation sites is 2. The number of fused-ring (bicyclic) bond motifs is 3. The summed E-state index contributed by atoms with van der Waals surface area (Å²) in [7, 11) is 0. The van der Waals surface area contributed by atoms with Crippen LogP contribution in [0.25, 0.3) is 27.5 Å². The molecule has 4 rings (SSSR count). The molecule has 4 aromatic rings. The number of nitrogens with zero attached hydrogens (tertiary/aromatic N) is 1. The highest BCUT2D eigenvalue weighted by atomic mass is 16.5. The van der Waals surface area contributed by atoms with Gasteiger partial charge in [-0.2, -0.15) is 0 Å². The molecule has 0 radical (unpaired) electrons. The summed E-state index contributed by atoms with van der Waals surface area (Å²) in [5.41, 5.74) is 3.61. The average molecular weight is 317 g/mol. The molecule has 2 heteroatoms. The third-order valence-corrected chi connectivity index (χ3v) is 4.05. The second kappa shape index (κ2) is 6.40. The Kier molecular flexibility index (Phi) is 4.30. The average Bonchev–Trinajstić information content (AvgIpc) is 2.90. The minimum Gasteiger partial charge on any atom is -0.491 e. The molecule has 0 saturated carbocycles. The lowest BCUT2D eigenvalue weighted by molar-refractivity contribution is 0.242. The van der Waals surface area contributed by atoms with Crippen LogP contribution in [0.15, 0.2) is 72.8 Å². The smallest absolute Gasteiger partial charge is 0.119 e. The van der Waals surface area contributed by atoms with Crippen molar-refractivity contribution in [1.82, 2.24) is 4.57 Å². The fourth-order valence-electron chi connectivity index (χ4n) is 3.15. The molecule has 0 fully saturated rings. The van der Waals surface area contributed by atoms with E-state index >= 15 is 0 Å². The van der Waals surface area contributed by atoms with Gasteiger partial charge in [0.1, 0.15) is 5.75 Å². The second-order valence-electron chi connectivity index (χ2n) is 6.03. The molecule has 0 aliphatic heterocycles. The molecular formula is C22H23NO. The van der Waals surface area contributed by atoms with Crippen molar-refractivity contribution in [3.05, 3.63) is 72.8 Å². The van der Waals surface area contributed by atoms with Gasteiger partial charge in [0.25, 0.3) is 0 Å². The molecule has 0 spiro atoms. The van der Waals surface area contributed by atoms with Gasteiger partial charge in [-0.1, -0.05) is 43.8 Å². The van der Waals surface area contributed by atoms with E-state index in [2.05, 4.69) is 65.2 Å². The van der Waals surface area contributed by atoms with E-state index in [9.17, 15) is 0 Å². The van der Waals surface area contributed by atoms with Crippen molar-refractivity contribution >= 4 is 21.8 Å². The van der Waals surface area contributed by atoms with Gasteiger partial charge in [0.2, 0.25) is 0 Å². The Balaban J connectivity index is 0.00000169. The summed E-state index contributed by atoms with van der Waals surface area (Å²) in [5, 5.41) is 2.57. The maximum absolute atomic E-state index is 5.75. The van der Waals surface area contributed by atoms with Crippen molar-refractivity contribution in [2.75, 3.05) is 0 Å². The Morgan fingerprint density at radius 1 is 0.708 bits per heavy atom. The number of hydrogen-bond acceptors (Lipinski definition) is 1. The van der Waals surface area contributed by atoms with Gasteiger partial charge in [0.15, 0.2) is 0 Å². The van der Waals surface area contributed by atoms with Gasteiger partial charge in [-0.25, -0.2) is 0 Å². The van der Waals surface area contributed by atoms with Crippen molar-refractivity contribution in [1.29, 1.82) is 0 Å². The van der Waals surface area contributed by atoms with Gasteiger partial charge in [-0.05, 0) is 50.2 Å². The first-order chi connectivity index (χ1) is 11.2. The SMILES string of the molecule is C.CC(C)Oc1ccc(-n2c3ccccc3c3ccccc32)cc1. The fraction of sp³-hybridized carbons (Fsp3) is 0.182. The molecule has 0 atom stereocenters. The third-order valence-electron chi connectivity index (χ3n) is 4.05. The van der Waals surface area contributed by atoms with Gasteiger partial charge < -0.3 is 9.30 Å². The summed E-state index contributed by atoms with van der Waals surface area (Å²) in [4.78, 5) is 0. The van der Waals surface area contributed by atoms with Gasteiger partial charge in [0, 0.05) is 16.5 Å².